The van der Waals surface area contributed by atoms with Crippen LogP contribution >= 0.6 is 11.8 Å². The zero-order chi connectivity index (χ0) is 27.9. The van der Waals surface area contributed by atoms with E-state index in [4.69, 9.17) is 15.2 Å². The molecular formula is C33H34N2O4S. The number of ether oxygens (including phenoxy) is 2. The highest BCUT2D eigenvalue weighted by molar-refractivity contribution is 7.99. The molecule has 0 unspecified atom stereocenters. The van der Waals surface area contributed by atoms with Gasteiger partial charge in [0.1, 0.15) is 0 Å². The highest BCUT2D eigenvalue weighted by Crippen LogP contribution is 2.40. The normalized spacial score (nSPS) is 18.8. The molecule has 6 nitrogen and oxygen atoms in total. The van der Waals surface area contributed by atoms with Crippen LogP contribution in [0, 0.1) is 0 Å². The molecule has 0 aromatic heterocycles. The molecule has 4 aromatic carbocycles. The van der Waals surface area contributed by atoms with Crippen LogP contribution in [0.2, 0.25) is 0 Å². The first-order chi connectivity index (χ1) is 19.5. The molecule has 5 rings (SSSR count). The van der Waals surface area contributed by atoms with Crippen molar-refractivity contribution in [3.05, 3.63) is 119 Å². The Bertz CT molecular complexity index is 1410. The van der Waals surface area contributed by atoms with Crippen LogP contribution in [-0.2, 0) is 27.4 Å². The molecule has 4 aromatic rings. The number of hydrogen-bond acceptors (Lipinski definition) is 6. The Morgan fingerprint density at radius 2 is 1.62 bits per heavy atom. The minimum Gasteiger partial charge on any atom is -0.392 e. The van der Waals surface area contributed by atoms with Crippen molar-refractivity contribution in [2.45, 2.75) is 49.9 Å². The molecule has 0 bridgehead atoms. The number of hydrogen-bond donors (Lipinski definition) is 3. The van der Waals surface area contributed by atoms with Crippen LogP contribution in [0.3, 0.4) is 0 Å². The fraction of sp³-hybridized carbons (Fsp3) is 0.242. The van der Waals surface area contributed by atoms with Gasteiger partial charge in [0.2, 0.25) is 5.91 Å². The first-order valence-electron chi connectivity index (χ1n) is 13.4. The van der Waals surface area contributed by atoms with Crippen LogP contribution in [0.5, 0.6) is 0 Å². The monoisotopic (exact) mass is 554 g/mol. The second-order valence-corrected chi connectivity index (χ2v) is 11.0. The Balaban J connectivity index is 1.33. The number of aliphatic hydroxyl groups is 1. The van der Waals surface area contributed by atoms with Crippen molar-refractivity contribution in [1.29, 1.82) is 0 Å². The third-order valence-electron chi connectivity index (χ3n) is 6.90. The van der Waals surface area contributed by atoms with Gasteiger partial charge in [-0.25, -0.2) is 0 Å². The molecule has 1 saturated heterocycles. The van der Waals surface area contributed by atoms with Gasteiger partial charge in [0.15, 0.2) is 6.29 Å². The predicted octanol–water partition coefficient (Wildman–Crippen LogP) is 6.60. The quantitative estimate of drug-likeness (QED) is 0.202. The minimum absolute atomic E-state index is 0.0120. The zero-order valence-corrected chi connectivity index (χ0v) is 23.3. The summed E-state index contributed by atoms with van der Waals surface area (Å²) in [6, 6.07) is 32.4. The molecular weight excluding hydrogens is 520 g/mol. The number of carbonyl (C=O) groups excluding carboxylic acids is 1. The predicted molar refractivity (Wildman–Crippen MR) is 160 cm³/mol. The van der Waals surface area contributed by atoms with Gasteiger partial charge in [0.25, 0.3) is 0 Å². The number of aliphatic hydroxyl groups excluding tert-OH is 1. The van der Waals surface area contributed by atoms with Gasteiger partial charge >= 0.3 is 0 Å². The first kappa shape index (κ1) is 28.1. The van der Waals surface area contributed by atoms with E-state index in [9.17, 15) is 9.90 Å². The SMILES string of the molecule is CC(=O)Nc1ccc(SC[C@H]2C[C@@H](c3ccc(CO)cc3)O[C@@H](c3ccc(-c4cccc(CN)c4)cc3)O2)cc1. The molecule has 0 saturated carbocycles. The third-order valence-corrected chi connectivity index (χ3v) is 8.05. The summed E-state index contributed by atoms with van der Waals surface area (Å²) in [6.45, 7) is 2.02. The van der Waals surface area contributed by atoms with Crippen LogP contribution in [0.25, 0.3) is 11.1 Å². The summed E-state index contributed by atoms with van der Waals surface area (Å²) in [7, 11) is 0. The highest BCUT2D eigenvalue weighted by atomic mass is 32.2. The average Bonchev–Trinajstić information content (AvgIpc) is 3.00. The topological polar surface area (TPSA) is 93.8 Å². The van der Waals surface area contributed by atoms with Crippen LogP contribution < -0.4 is 11.1 Å². The molecule has 1 aliphatic rings. The summed E-state index contributed by atoms with van der Waals surface area (Å²) in [5.41, 5.74) is 12.8. The number of nitrogens with one attached hydrogen (secondary N) is 1. The van der Waals surface area contributed by atoms with Crippen molar-refractivity contribution >= 4 is 23.4 Å². The lowest BCUT2D eigenvalue weighted by Gasteiger charge is -2.36. The standard InChI is InChI=1S/C33H34N2O4S/c1-22(37)35-29-13-15-31(16-14-29)40-21-30-18-32(26-7-5-23(20-36)6-8-26)39-33(38-30)27-11-9-25(10-12-27)28-4-2-3-24(17-28)19-34/h2-17,30,32-33,36H,18-21,34H2,1H3,(H,35,37)/t30-,32+,33+/m1/s1. The number of thioether (sulfide) groups is 1. The van der Waals surface area contributed by atoms with E-state index in [-0.39, 0.29) is 24.7 Å². The van der Waals surface area contributed by atoms with E-state index in [1.54, 1.807) is 11.8 Å². The van der Waals surface area contributed by atoms with E-state index in [2.05, 4.69) is 41.7 Å². The van der Waals surface area contributed by atoms with Gasteiger partial charge in [0.05, 0.1) is 18.8 Å². The number of benzene rings is 4. The smallest absolute Gasteiger partial charge is 0.221 e. The molecule has 1 fully saturated rings. The molecule has 0 aliphatic carbocycles. The molecule has 3 atom stereocenters. The molecule has 1 aliphatic heterocycles. The molecule has 1 amide bonds. The second kappa shape index (κ2) is 13.3. The first-order valence-corrected chi connectivity index (χ1v) is 14.4. The number of carbonyl (C=O) groups is 1. The molecule has 4 N–H and O–H groups in total. The van der Waals surface area contributed by atoms with Gasteiger partial charge in [0, 0.05) is 41.8 Å². The zero-order valence-electron chi connectivity index (χ0n) is 22.5. The van der Waals surface area contributed by atoms with Crippen LogP contribution in [-0.4, -0.2) is 22.9 Å². The molecule has 1 heterocycles. The van der Waals surface area contributed by atoms with E-state index in [1.165, 1.54) is 6.92 Å². The lowest BCUT2D eigenvalue weighted by molar-refractivity contribution is -0.245. The summed E-state index contributed by atoms with van der Waals surface area (Å²) in [5, 5.41) is 12.3. The van der Waals surface area contributed by atoms with Crippen LogP contribution in [0.15, 0.2) is 102 Å². The Morgan fingerprint density at radius 1 is 0.900 bits per heavy atom. The number of rotatable bonds is 9. The molecule has 40 heavy (non-hydrogen) atoms. The molecule has 7 heteroatoms. The van der Waals surface area contributed by atoms with Crippen LogP contribution in [0.4, 0.5) is 5.69 Å². The van der Waals surface area contributed by atoms with Gasteiger partial charge in [-0.1, -0.05) is 66.7 Å². The van der Waals surface area contributed by atoms with Gasteiger partial charge in [-0.15, -0.1) is 11.8 Å². The van der Waals surface area contributed by atoms with Crippen molar-refractivity contribution in [2.75, 3.05) is 11.1 Å². The summed E-state index contributed by atoms with van der Waals surface area (Å²) < 4.78 is 13.0. The lowest BCUT2D eigenvalue weighted by atomic mass is 9.99. The fourth-order valence-corrected chi connectivity index (χ4v) is 5.68. The Labute approximate surface area is 239 Å². The van der Waals surface area contributed by atoms with Crippen molar-refractivity contribution < 1.29 is 19.4 Å². The maximum atomic E-state index is 11.3. The molecule has 0 radical (unpaired) electrons. The Morgan fingerprint density at radius 3 is 2.30 bits per heavy atom. The maximum Gasteiger partial charge on any atom is 0.221 e. The average molecular weight is 555 g/mol. The summed E-state index contributed by atoms with van der Waals surface area (Å²) in [5.74, 6) is 0.673. The van der Waals surface area contributed by atoms with Crippen LogP contribution in [0.1, 0.15) is 48.0 Å². The molecule has 206 valence electrons. The number of anilines is 1. The van der Waals surface area contributed by atoms with Gasteiger partial charge < -0.3 is 25.6 Å². The van der Waals surface area contributed by atoms with Gasteiger partial charge in [-0.3, -0.25) is 4.79 Å². The lowest BCUT2D eigenvalue weighted by Crippen LogP contribution is -2.31. The van der Waals surface area contributed by atoms with E-state index in [0.29, 0.717) is 6.54 Å². The van der Waals surface area contributed by atoms with E-state index in [1.807, 2.05) is 60.7 Å². The number of amides is 1. The van der Waals surface area contributed by atoms with Gasteiger partial charge in [-0.05, 0) is 58.1 Å². The second-order valence-electron chi connectivity index (χ2n) is 9.89. The summed E-state index contributed by atoms with van der Waals surface area (Å²) in [4.78, 5) is 12.4. The van der Waals surface area contributed by atoms with E-state index >= 15 is 0 Å². The van der Waals surface area contributed by atoms with Crippen molar-refractivity contribution in [3.63, 3.8) is 0 Å². The fourth-order valence-electron chi connectivity index (χ4n) is 4.76. The third kappa shape index (κ3) is 7.18. The maximum absolute atomic E-state index is 11.3. The Kier molecular flexibility index (Phi) is 9.31. The largest absolute Gasteiger partial charge is 0.392 e. The van der Waals surface area contributed by atoms with Crippen molar-refractivity contribution in [3.8, 4) is 11.1 Å². The van der Waals surface area contributed by atoms with Crippen molar-refractivity contribution in [1.82, 2.24) is 0 Å². The van der Waals surface area contributed by atoms with Crippen molar-refractivity contribution in [2.24, 2.45) is 5.73 Å². The molecule has 0 spiro atoms. The summed E-state index contributed by atoms with van der Waals surface area (Å²) >= 11 is 1.72. The summed E-state index contributed by atoms with van der Waals surface area (Å²) in [6.07, 6.45) is 0.0337. The van der Waals surface area contributed by atoms with Gasteiger partial charge in [-0.2, -0.15) is 0 Å². The van der Waals surface area contributed by atoms with E-state index in [0.717, 1.165) is 56.1 Å². The van der Waals surface area contributed by atoms with E-state index < -0.39 is 6.29 Å². The minimum atomic E-state index is -0.506. The highest BCUT2D eigenvalue weighted by Gasteiger charge is 2.32. The Hall–Kier alpha value is -3.46. The number of nitrogens with two attached hydrogens (primary N) is 1.